The van der Waals surface area contributed by atoms with E-state index in [1.807, 2.05) is 12.1 Å². The number of carbonyl (C=O) groups is 1. The molecule has 2 aromatic rings. The fourth-order valence-electron chi connectivity index (χ4n) is 2.37. The summed E-state index contributed by atoms with van der Waals surface area (Å²) in [6.45, 7) is 0.348. The molecule has 1 saturated carbocycles. The van der Waals surface area contributed by atoms with Crippen molar-refractivity contribution in [2.75, 3.05) is 5.32 Å². The minimum atomic E-state index is -0.326. The Kier molecular flexibility index (Phi) is 4.79. The molecule has 7 nitrogen and oxygen atoms in total. The maximum absolute atomic E-state index is 11.8. The molecular weight excluding hydrogens is 302 g/mol. The van der Waals surface area contributed by atoms with Crippen LogP contribution in [0.5, 0.6) is 5.88 Å². The molecule has 0 unspecified atom stereocenters. The summed E-state index contributed by atoms with van der Waals surface area (Å²) in [5.74, 6) is 0.602. The van der Waals surface area contributed by atoms with Gasteiger partial charge in [0.1, 0.15) is 11.6 Å². The van der Waals surface area contributed by atoms with E-state index in [2.05, 4.69) is 25.8 Å². The third-order valence-electron chi connectivity index (χ3n) is 3.45. The Morgan fingerprint density at radius 3 is 3.05 bits per heavy atom. The van der Waals surface area contributed by atoms with Crippen molar-refractivity contribution >= 4 is 22.5 Å². The maximum Gasteiger partial charge on any atom is 0.321 e. The summed E-state index contributed by atoms with van der Waals surface area (Å²) in [4.78, 5) is 16.1. The van der Waals surface area contributed by atoms with Crippen molar-refractivity contribution in [1.82, 2.24) is 20.5 Å². The third kappa shape index (κ3) is 3.91. The molecule has 0 radical (unpaired) electrons. The van der Waals surface area contributed by atoms with E-state index >= 15 is 0 Å². The van der Waals surface area contributed by atoms with Crippen LogP contribution in [-0.4, -0.2) is 27.3 Å². The Morgan fingerprint density at radius 1 is 1.41 bits per heavy atom. The average Bonchev–Trinajstić information content (AvgIpc) is 3.20. The van der Waals surface area contributed by atoms with Gasteiger partial charge in [-0.1, -0.05) is 17.4 Å². The molecule has 2 heterocycles. The number of hydrogen-bond acceptors (Lipinski definition) is 6. The number of urea groups is 1. The number of anilines is 1. The fraction of sp³-hybridized carbons (Fsp3) is 0.429. The monoisotopic (exact) mass is 319 g/mol. The molecule has 2 N–H and O–H groups in total. The summed E-state index contributed by atoms with van der Waals surface area (Å²) >= 11 is 1.27. The maximum atomic E-state index is 11.8. The van der Waals surface area contributed by atoms with E-state index in [0.29, 0.717) is 17.6 Å². The lowest BCUT2D eigenvalue weighted by molar-refractivity contribution is 0.199. The van der Waals surface area contributed by atoms with E-state index in [4.69, 9.17) is 4.74 Å². The second kappa shape index (κ2) is 7.17. The lowest BCUT2D eigenvalue weighted by Gasteiger charge is -2.15. The van der Waals surface area contributed by atoms with Crippen LogP contribution in [0.3, 0.4) is 0 Å². The van der Waals surface area contributed by atoms with Gasteiger partial charge in [-0.3, -0.25) is 5.32 Å². The molecule has 0 aliphatic heterocycles. The molecule has 2 aromatic heterocycles. The fourth-order valence-corrected chi connectivity index (χ4v) is 2.81. The Bertz CT molecular complexity index is 613. The highest BCUT2D eigenvalue weighted by Gasteiger charge is 2.18. The summed E-state index contributed by atoms with van der Waals surface area (Å²) < 4.78 is 5.94. The van der Waals surface area contributed by atoms with Crippen molar-refractivity contribution < 1.29 is 9.53 Å². The molecule has 0 aromatic carbocycles. The number of hydrogen-bond donors (Lipinski definition) is 2. The van der Waals surface area contributed by atoms with Crippen LogP contribution in [0.1, 0.15) is 31.2 Å². The number of pyridine rings is 1. The van der Waals surface area contributed by atoms with Crippen molar-refractivity contribution in [1.29, 1.82) is 0 Å². The van der Waals surface area contributed by atoms with Gasteiger partial charge in [0.25, 0.3) is 0 Å². The summed E-state index contributed by atoms with van der Waals surface area (Å²) in [6, 6.07) is 3.41. The Hall–Kier alpha value is -2.22. The summed E-state index contributed by atoms with van der Waals surface area (Å²) in [7, 11) is 0. The molecular formula is C14H17N5O2S. The Morgan fingerprint density at radius 2 is 2.27 bits per heavy atom. The number of carbonyl (C=O) groups excluding carboxylic acids is 1. The zero-order chi connectivity index (χ0) is 15.2. The number of nitrogens with zero attached hydrogens (tertiary/aromatic N) is 3. The molecule has 0 spiro atoms. The molecule has 8 heteroatoms. The van der Waals surface area contributed by atoms with E-state index in [0.717, 1.165) is 18.4 Å². The first-order valence-corrected chi connectivity index (χ1v) is 8.11. The van der Waals surface area contributed by atoms with E-state index in [1.54, 1.807) is 11.7 Å². The molecule has 22 heavy (non-hydrogen) atoms. The predicted molar refractivity (Wildman–Crippen MR) is 82.9 cm³/mol. The van der Waals surface area contributed by atoms with E-state index in [-0.39, 0.29) is 12.1 Å². The first-order chi connectivity index (χ1) is 10.8. The topological polar surface area (TPSA) is 89.0 Å². The molecule has 3 rings (SSSR count). The third-order valence-corrected chi connectivity index (χ3v) is 4.06. The second-order valence-electron chi connectivity index (χ2n) is 5.04. The molecule has 0 atom stereocenters. The van der Waals surface area contributed by atoms with Gasteiger partial charge in [-0.15, -0.1) is 10.2 Å². The molecule has 2 amide bonds. The summed E-state index contributed by atoms with van der Waals surface area (Å²) in [5, 5.41) is 13.3. The van der Waals surface area contributed by atoms with Crippen LogP contribution in [0.4, 0.5) is 9.93 Å². The molecule has 0 saturated heterocycles. The lowest BCUT2D eigenvalue weighted by Crippen LogP contribution is -2.28. The predicted octanol–water partition coefficient (Wildman–Crippen LogP) is 2.58. The van der Waals surface area contributed by atoms with E-state index < -0.39 is 0 Å². The SMILES string of the molecule is O=C(NCc1cccnc1OC1CCCC1)Nc1nncs1. The van der Waals surface area contributed by atoms with Crippen LogP contribution in [0.2, 0.25) is 0 Å². The van der Waals surface area contributed by atoms with Gasteiger partial charge in [-0.05, 0) is 31.7 Å². The van der Waals surface area contributed by atoms with Crippen molar-refractivity contribution in [3.8, 4) is 5.88 Å². The van der Waals surface area contributed by atoms with Crippen molar-refractivity contribution in [2.45, 2.75) is 38.3 Å². The number of nitrogens with one attached hydrogen (secondary N) is 2. The van der Waals surface area contributed by atoms with Crippen LogP contribution in [-0.2, 0) is 6.54 Å². The molecule has 0 bridgehead atoms. The van der Waals surface area contributed by atoms with Gasteiger partial charge < -0.3 is 10.1 Å². The quantitative estimate of drug-likeness (QED) is 0.884. The number of amides is 2. The Balaban J connectivity index is 1.56. The van der Waals surface area contributed by atoms with Gasteiger partial charge in [0.2, 0.25) is 11.0 Å². The first kappa shape index (κ1) is 14.7. The second-order valence-corrected chi connectivity index (χ2v) is 5.88. The number of aromatic nitrogens is 3. The van der Waals surface area contributed by atoms with Crippen molar-refractivity contribution in [3.63, 3.8) is 0 Å². The van der Waals surface area contributed by atoms with Crippen LogP contribution in [0.25, 0.3) is 0 Å². The van der Waals surface area contributed by atoms with Crippen LogP contribution in [0.15, 0.2) is 23.8 Å². The zero-order valence-electron chi connectivity index (χ0n) is 12.0. The van der Waals surface area contributed by atoms with Gasteiger partial charge in [-0.2, -0.15) is 0 Å². The van der Waals surface area contributed by atoms with Gasteiger partial charge in [-0.25, -0.2) is 9.78 Å². The molecule has 1 aliphatic carbocycles. The Labute approximate surface area is 132 Å². The minimum Gasteiger partial charge on any atom is -0.474 e. The number of rotatable bonds is 5. The smallest absolute Gasteiger partial charge is 0.321 e. The van der Waals surface area contributed by atoms with Crippen LogP contribution >= 0.6 is 11.3 Å². The highest BCUT2D eigenvalue weighted by Crippen LogP contribution is 2.24. The number of ether oxygens (including phenoxy) is 1. The van der Waals surface area contributed by atoms with Gasteiger partial charge in [0.15, 0.2) is 0 Å². The van der Waals surface area contributed by atoms with Gasteiger partial charge in [0, 0.05) is 18.3 Å². The normalized spacial score (nSPS) is 14.7. The molecule has 1 fully saturated rings. The highest BCUT2D eigenvalue weighted by atomic mass is 32.1. The van der Waals surface area contributed by atoms with Crippen molar-refractivity contribution in [2.24, 2.45) is 0 Å². The van der Waals surface area contributed by atoms with Crippen molar-refractivity contribution in [3.05, 3.63) is 29.4 Å². The average molecular weight is 319 g/mol. The van der Waals surface area contributed by atoms with Crippen LogP contribution < -0.4 is 15.4 Å². The summed E-state index contributed by atoms with van der Waals surface area (Å²) in [5.41, 5.74) is 2.42. The first-order valence-electron chi connectivity index (χ1n) is 7.23. The standard InChI is InChI=1S/C14H17N5O2S/c20-13(18-14-19-17-9-22-14)16-8-10-4-3-7-15-12(10)21-11-5-1-2-6-11/h3-4,7,9,11H,1-2,5-6,8H2,(H2,16,18,19,20). The molecule has 1 aliphatic rings. The molecule has 116 valence electrons. The minimum absolute atomic E-state index is 0.240. The lowest BCUT2D eigenvalue weighted by atomic mass is 10.2. The highest BCUT2D eigenvalue weighted by molar-refractivity contribution is 7.13. The zero-order valence-corrected chi connectivity index (χ0v) is 12.8. The summed E-state index contributed by atoms with van der Waals surface area (Å²) in [6.07, 6.45) is 6.49. The van der Waals surface area contributed by atoms with E-state index in [9.17, 15) is 4.79 Å². The van der Waals surface area contributed by atoms with E-state index in [1.165, 1.54) is 24.2 Å². The van der Waals surface area contributed by atoms with Gasteiger partial charge >= 0.3 is 6.03 Å². The van der Waals surface area contributed by atoms with Crippen LogP contribution in [0, 0.1) is 0 Å². The largest absolute Gasteiger partial charge is 0.474 e. The van der Waals surface area contributed by atoms with Gasteiger partial charge in [0.05, 0.1) is 0 Å².